The molecule has 0 radical (unpaired) electrons. The average Bonchev–Trinajstić information content (AvgIpc) is 3.00. The van der Waals surface area contributed by atoms with Crippen molar-refractivity contribution in [2.45, 2.75) is 19.4 Å². The second-order valence-corrected chi connectivity index (χ2v) is 5.51. The number of hydrogen-bond acceptors (Lipinski definition) is 2. The number of amides is 1. The molecule has 2 heterocycles. The SMILES string of the molecule is O=C(CCc1ccc(Br)cc1)N1CCn2ccnc21. The van der Waals surface area contributed by atoms with Crippen molar-refractivity contribution >= 4 is 27.8 Å². The van der Waals surface area contributed by atoms with Crippen LogP contribution in [0.1, 0.15) is 12.0 Å². The molecule has 1 aromatic heterocycles. The zero-order valence-corrected chi connectivity index (χ0v) is 12.0. The number of hydrogen-bond donors (Lipinski definition) is 0. The van der Waals surface area contributed by atoms with Crippen LogP contribution >= 0.6 is 15.9 Å². The van der Waals surface area contributed by atoms with Crippen LogP contribution < -0.4 is 4.90 Å². The Morgan fingerprint density at radius 2 is 2.05 bits per heavy atom. The van der Waals surface area contributed by atoms with Gasteiger partial charge in [0.25, 0.3) is 0 Å². The zero-order chi connectivity index (χ0) is 13.2. The third-order valence-electron chi connectivity index (χ3n) is 3.34. The van der Waals surface area contributed by atoms with Gasteiger partial charge in [-0.1, -0.05) is 28.1 Å². The molecule has 5 heteroatoms. The van der Waals surface area contributed by atoms with Crippen molar-refractivity contribution in [2.75, 3.05) is 11.4 Å². The monoisotopic (exact) mass is 319 g/mol. The van der Waals surface area contributed by atoms with Crippen LogP contribution in [0.2, 0.25) is 0 Å². The lowest BCUT2D eigenvalue weighted by Crippen LogP contribution is -2.29. The molecule has 1 amide bonds. The van der Waals surface area contributed by atoms with Gasteiger partial charge in [0, 0.05) is 36.4 Å². The standard InChI is InChI=1S/C14H14BrN3O/c15-12-4-1-11(2-5-12)3-6-13(19)18-10-9-17-8-7-16-14(17)18/h1-2,4-5,7-8H,3,6,9-10H2. The summed E-state index contributed by atoms with van der Waals surface area (Å²) >= 11 is 3.41. The molecule has 2 aromatic rings. The van der Waals surface area contributed by atoms with Gasteiger partial charge in [0.15, 0.2) is 0 Å². The third-order valence-corrected chi connectivity index (χ3v) is 3.87. The van der Waals surface area contributed by atoms with E-state index in [1.165, 1.54) is 5.56 Å². The number of benzene rings is 1. The Morgan fingerprint density at radius 3 is 2.84 bits per heavy atom. The van der Waals surface area contributed by atoms with Gasteiger partial charge in [-0.2, -0.15) is 0 Å². The molecule has 0 saturated heterocycles. The Balaban J connectivity index is 1.62. The van der Waals surface area contributed by atoms with Crippen LogP contribution in [0, 0.1) is 0 Å². The molecule has 0 bridgehead atoms. The molecule has 0 aliphatic carbocycles. The van der Waals surface area contributed by atoms with Crippen LogP contribution in [-0.2, 0) is 17.8 Å². The lowest BCUT2D eigenvalue weighted by Gasteiger charge is -2.13. The van der Waals surface area contributed by atoms with Gasteiger partial charge in [-0.05, 0) is 24.1 Å². The minimum absolute atomic E-state index is 0.146. The van der Waals surface area contributed by atoms with Crippen LogP contribution in [0.25, 0.3) is 0 Å². The topological polar surface area (TPSA) is 38.1 Å². The van der Waals surface area contributed by atoms with Gasteiger partial charge in [0.1, 0.15) is 0 Å². The number of halogens is 1. The number of nitrogens with zero attached hydrogens (tertiary/aromatic N) is 3. The van der Waals surface area contributed by atoms with E-state index < -0.39 is 0 Å². The molecule has 98 valence electrons. The molecule has 0 unspecified atom stereocenters. The number of aromatic nitrogens is 2. The number of fused-ring (bicyclic) bond motifs is 1. The second-order valence-electron chi connectivity index (χ2n) is 4.59. The molecule has 0 N–H and O–H groups in total. The summed E-state index contributed by atoms with van der Waals surface area (Å²) in [4.78, 5) is 18.2. The number of aryl methyl sites for hydroxylation is 1. The van der Waals surface area contributed by atoms with E-state index in [1.807, 2.05) is 35.0 Å². The molecule has 1 aliphatic heterocycles. The van der Waals surface area contributed by atoms with E-state index in [0.29, 0.717) is 6.42 Å². The number of rotatable bonds is 3. The van der Waals surface area contributed by atoms with E-state index >= 15 is 0 Å². The number of carbonyl (C=O) groups excluding carboxylic acids is 1. The summed E-state index contributed by atoms with van der Waals surface area (Å²) in [5.74, 6) is 0.925. The molecule has 19 heavy (non-hydrogen) atoms. The molecular weight excluding hydrogens is 306 g/mol. The lowest BCUT2D eigenvalue weighted by atomic mass is 10.1. The molecule has 0 saturated carbocycles. The normalized spacial score (nSPS) is 13.6. The highest BCUT2D eigenvalue weighted by molar-refractivity contribution is 9.10. The maximum atomic E-state index is 12.2. The van der Waals surface area contributed by atoms with Crippen molar-refractivity contribution in [2.24, 2.45) is 0 Å². The quantitative estimate of drug-likeness (QED) is 0.872. The van der Waals surface area contributed by atoms with Crippen LogP contribution in [0.4, 0.5) is 5.95 Å². The lowest BCUT2D eigenvalue weighted by molar-refractivity contribution is -0.118. The van der Waals surface area contributed by atoms with Gasteiger partial charge in [-0.25, -0.2) is 4.98 Å². The van der Waals surface area contributed by atoms with E-state index in [-0.39, 0.29) is 5.91 Å². The highest BCUT2D eigenvalue weighted by atomic mass is 79.9. The summed E-state index contributed by atoms with van der Waals surface area (Å²) in [6.45, 7) is 1.59. The van der Waals surface area contributed by atoms with Gasteiger partial charge < -0.3 is 4.57 Å². The predicted octanol–water partition coefficient (Wildman–Crippen LogP) is 2.63. The fourth-order valence-electron chi connectivity index (χ4n) is 2.30. The summed E-state index contributed by atoms with van der Waals surface area (Å²) in [5, 5.41) is 0. The first kappa shape index (κ1) is 12.4. The Morgan fingerprint density at radius 1 is 1.26 bits per heavy atom. The Hall–Kier alpha value is -1.62. The minimum atomic E-state index is 0.146. The number of carbonyl (C=O) groups is 1. The predicted molar refractivity (Wildman–Crippen MR) is 77.0 cm³/mol. The van der Waals surface area contributed by atoms with Gasteiger partial charge in [-0.3, -0.25) is 9.69 Å². The van der Waals surface area contributed by atoms with E-state index in [2.05, 4.69) is 20.9 Å². The van der Waals surface area contributed by atoms with Crippen LogP contribution in [0.3, 0.4) is 0 Å². The summed E-state index contributed by atoms with van der Waals surface area (Å²) in [6.07, 6.45) is 4.94. The van der Waals surface area contributed by atoms with E-state index in [9.17, 15) is 4.79 Å². The van der Waals surface area contributed by atoms with Gasteiger partial charge in [0.2, 0.25) is 11.9 Å². The zero-order valence-electron chi connectivity index (χ0n) is 10.4. The number of imidazole rings is 1. The van der Waals surface area contributed by atoms with Gasteiger partial charge in [-0.15, -0.1) is 0 Å². The molecule has 0 spiro atoms. The number of anilines is 1. The van der Waals surface area contributed by atoms with Gasteiger partial charge in [0.05, 0.1) is 0 Å². The maximum absolute atomic E-state index is 12.2. The largest absolute Gasteiger partial charge is 0.315 e. The maximum Gasteiger partial charge on any atom is 0.229 e. The Labute approximate surface area is 120 Å². The molecule has 1 aliphatic rings. The van der Waals surface area contributed by atoms with Crippen molar-refractivity contribution < 1.29 is 4.79 Å². The Kier molecular flexibility index (Phi) is 3.38. The van der Waals surface area contributed by atoms with Gasteiger partial charge >= 0.3 is 0 Å². The molecule has 0 atom stereocenters. The molecule has 4 nitrogen and oxygen atoms in total. The average molecular weight is 320 g/mol. The highest BCUT2D eigenvalue weighted by Gasteiger charge is 2.24. The molecular formula is C14H14BrN3O. The summed E-state index contributed by atoms with van der Waals surface area (Å²) in [6, 6.07) is 8.09. The van der Waals surface area contributed by atoms with Crippen molar-refractivity contribution in [1.29, 1.82) is 0 Å². The second kappa shape index (κ2) is 5.17. The fourth-order valence-corrected chi connectivity index (χ4v) is 2.57. The van der Waals surface area contributed by atoms with Crippen LogP contribution in [0.5, 0.6) is 0 Å². The van der Waals surface area contributed by atoms with Crippen LogP contribution in [-0.4, -0.2) is 22.0 Å². The van der Waals surface area contributed by atoms with E-state index in [1.54, 1.807) is 11.1 Å². The first-order chi connectivity index (χ1) is 9.24. The van der Waals surface area contributed by atoms with Crippen molar-refractivity contribution in [3.63, 3.8) is 0 Å². The van der Waals surface area contributed by atoms with E-state index in [4.69, 9.17) is 0 Å². The first-order valence-corrected chi connectivity index (χ1v) is 7.09. The molecule has 0 fully saturated rings. The summed E-state index contributed by atoms with van der Waals surface area (Å²) < 4.78 is 3.07. The Bertz CT molecular complexity index is 591. The first-order valence-electron chi connectivity index (χ1n) is 6.30. The summed E-state index contributed by atoms with van der Waals surface area (Å²) in [5.41, 5.74) is 1.18. The van der Waals surface area contributed by atoms with Crippen LogP contribution in [0.15, 0.2) is 41.1 Å². The van der Waals surface area contributed by atoms with Crippen molar-refractivity contribution in [1.82, 2.24) is 9.55 Å². The summed E-state index contributed by atoms with van der Waals surface area (Å²) in [7, 11) is 0. The van der Waals surface area contributed by atoms with E-state index in [0.717, 1.165) is 29.9 Å². The highest BCUT2D eigenvalue weighted by Crippen LogP contribution is 2.20. The molecule has 3 rings (SSSR count). The third kappa shape index (κ3) is 2.56. The van der Waals surface area contributed by atoms with Crippen molar-refractivity contribution in [3.05, 3.63) is 46.7 Å². The fraction of sp³-hybridized carbons (Fsp3) is 0.286. The minimum Gasteiger partial charge on any atom is -0.315 e. The smallest absolute Gasteiger partial charge is 0.229 e. The molecule has 1 aromatic carbocycles. The van der Waals surface area contributed by atoms with Crippen molar-refractivity contribution in [3.8, 4) is 0 Å².